The molecule has 2 rings (SSSR count). The molecule has 2 N–H and O–H groups in total. The molecule has 16 heavy (non-hydrogen) atoms. The van der Waals surface area contributed by atoms with Crippen molar-refractivity contribution < 1.29 is 4.39 Å². The number of hydrogen-bond donors (Lipinski definition) is 1. The Hall–Kier alpha value is -0.740. The lowest BCUT2D eigenvalue weighted by Crippen LogP contribution is -2.26. The van der Waals surface area contributed by atoms with Gasteiger partial charge in [0, 0.05) is 30.1 Å². The lowest BCUT2D eigenvalue weighted by atomic mass is 10.1. The first-order chi connectivity index (χ1) is 7.77. The van der Waals surface area contributed by atoms with Crippen molar-refractivity contribution in [3.05, 3.63) is 29.6 Å². The number of nitrogens with zero attached hydrogens (tertiary/aromatic N) is 1. The number of halogens is 1. The molecule has 88 valence electrons. The Kier molecular flexibility index (Phi) is 4.07. The Balaban J connectivity index is 2.07. The molecule has 1 aromatic rings. The fraction of sp³-hybridized carbons (Fsp3) is 0.500. The highest BCUT2D eigenvalue weighted by atomic mass is 32.2. The molecule has 0 saturated carbocycles. The zero-order valence-electron chi connectivity index (χ0n) is 9.29. The van der Waals surface area contributed by atoms with Gasteiger partial charge < -0.3 is 5.73 Å². The average Bonchev–Trinajstić information content (AvgIpc) is 2.52. The molecule has 0 aliphatic carbocycles. The highest BCUT2D eigenvalue weighted by Gasteiger charge is 2.13. The molecule has 0 radical (unpaired) electrons. The van der Waals surface area contributed by atoms with Crippen molar-refractivity contribution in [2.45, 2.75) is 13.0 Å². The van der Waals surface area contributed by atoms with E-state index in [1.165, 1.54) is 18.2 Å². The van der Waals surface area contributed by atoms with Gasteiger partial charge in [0.2, 0.25) is 0 Å². The minimum atomic E-state index is -0.183. The number of nitrogens with two attached hydrogens (primary N) is 1. The second-order valence-electron chi connectivity index (χ2n) is 4.05. The van der Waals surface area contributed by atoms with Crippen molar-refractivity contribution in [1.82, 2.24) is 4.90 Å². The Morgan fingerprint density at radius 2 is 2.19 bits per heavy atom. The maximum Gasteiger partial charge on any atom is 0.129 e. The number of nitrogen functional groups attached to an aromatic ring is 1. The Morgan fingerprint density at radius 3 is 3.00 bits per heavy atom. The number of benzene rings is 1. The van der Waals surface area contributed by atoms with Gasteiger partial charge in [-0.15, -0.1) is 0 Å². The first kappa shape index (κ1) is 11.7. The van der Waals surface area contributed by atoms with Crippen LogP contribution in [-0.4, -0.2) is 29.5 Å². The van der Waals surface area contributed by atoms with Gasteiger partial charge in [-0.1, -0.05) is 6.07 Å². The minimum absolute atomic E-state index is 0.183. The Labute approximate surface area is 100 Å². The monoisotopic (exact) mass is 240 g/mol. The SMILES string of the molecule is Nc1cccc(F)c1CN1CCCSCC1. The summed E-state index contributed by atoms with van der Waals surface area (Å²) < 4.78 is 13.6. The fourth-order valence-electron chi connectivity index (χ4n) is 1.92. The third kappa shape index (κ3) is 2.89. The van der Waals surface area contributed by atoms with Crippen LogP contribution in [0.4, 0.5) is 10.1 Å². The molecule has 4 heteroatoms. The Bertz CT molecular complexity index is 329. The van der Waals surface area contributed by atoms with Gasteiger partial charge in [-0.2, -0.15) is 11.8 Å². The molecule has 0 spiro atoms. The molecule has 1 heterocycles. The van der Waals surface area contributed by atoms with Gasteiger partial charge >= 0.3 is 0 Å². The first-order valence-corrected chi connectivity index (χ1v) is 6.76. The number of rotatable bonds is 2. The molecule has 0 unspecified atom stereocenters. The summed E-state index contributed by atoms with van der Waals surface area (Å²) in [4.78, 5) is 2.29. The van der Waals surface area contributed by atoms with E-state index < -0.39 is 0 Å². The van der Waals surface area contributed by atoms with E-state index in [1.54, 1.807) is 12.1 Å². The van der Waals surface area contributed by atoms with E-state index >= 15 is 0 Å². The normalized spacial score (nSPS) is 18.3. The van der Waals surface area contributed by atoms with Gasteiger partial charge in [0.25, 0.3) is 0 Å². The van der Waals surface area contributed by atoms with Crippen LogP contribution in [0.15, 0.2) is 18.2 Å². The van der Waals surface area contributed by atoms with Crippen LogP contribution >= 0.6 is 11.8 Å². The summed E-state index contributed by atoms with van der Waals surface area (Å²) in [5.41, 5.74) is 7.02. The smallest absolute Gasteiger partial charge is 0.129 e. The van der Waals surface area contributed by atoms with Crippen LogP contribution < -0.4 is 5.73 Å². The summed E-state index contributed by atoms with van der Waals surface area (Å²) in [6.45, 7) is 2.71. The summed E-state index contributed by atoms with van der Waals surface area (Å²) in [6, 6.07) is 4.91. The van der Waals surface area contributed by atoms with E-state index in [0.29, 0.717) is 17.8 Å². The van der Waals surface area contributed by atoms with Crippen molar-refractivity contribution in [2.24, 2.45) is 0 Å². The largest absolute Gasteiger partial charge is 0.398 e. The molecule has 1 fully saturated rings. The lowest BCUT2D eigenvalue weighted by molar-refractivity contribution is 0.284. The van der Waals surface area contributed by atoms with Gasteiger partial charge in [-0.3, -0.25) is 4.90 Å². The van der Waals surface area contributed by atoms with Crippen LogP contribution in [0.3, 0.4) is 0 Å². The highest BCUT2D eigenvalue weighted by Crippen LogP contribution is 2.19. The van der Waals surface area contributed by atoms with Crippen molar-refractivity contribution in [3.8, 4) is 0 Å². The van der Waals surface area contributed by atoms with Crippen molar-refractivity contribution in [3.63, 3.8) is 0 Å². The predicted molar refractivity (Wildman–Crippen MR) is 68.0 cm³/mol. The summed E-state index contributed by atoms with van der Waals surface area (Å²) in [6.07, 6.45) is 1.18. The molecular formula is C12H17FN2S. The molecule has 1 aliphatic rings. The molecule has 1 aromatic carbocycles. The highest BCUT2D eigenvalue weighted by molar-refractivity contribution is 7.99. The summed E-state index contributed by atoms with van der Waals surface area (Å²) in [7, 11) is 0. The van der Waals surface area contributed by atoms with E-state index in [-0.39, 0.29) is 5.82 Å². The standard InChI is InChI=1S/C12H17FN2S/c13-11-3-1-4-12(14)10(11)9-15-5-2-7-16-8-6-15/h1,3-4H,2,5-9,14H2. The van der Waals surface area contributed by atoms with Crippen LogP contribution in [0.5, 0.6) is 0 Å². The third-order valence-electron chi connectivity index (χ3n) is 2.85. The molecule has 0 aromatic heterocycles. The van der Waals surface area contributed by atoms with Crippen LogP contribution in [0.25, 0.3) is 0 Å². The molecular weight excluding hydrogens is 223 g/mol. The zero-order valence-corrected chi connectivity index (χ0v) is 10.1. The molecule has 1 saturated heterocycles. The molecule has 0 atom stereocenters. The van der Waals surface area contributed by atoms with Gasteiger partial charge in [0.1, 0.15) is 5.82 Å². The molecule has 0 amide bonds. The third-order valence-corrected chi connectivity index (χ3v) is 3.90. The van der Waals surface area contributed by atoms with Crippen LogP contribution in [0.2, 0.25) is 0 Å². The maximum absolute atomic E-state index is 13.6. The second kappa shape index (κ2) is 5.55. The molecule has 2 nitrogen and oxygen atoms in total. The van der Waals surface area contributed by atoms with E-state index in [2.05, 4.69) is 4.90 Å². The van der Waals surface area contributed by atoms with E-state index in [9.17, 15) is 4.39 Å². The zero-order chi connectivity index (χ0) is 11.4. The van der Waals surface area contributed by atoms with Gasteiger partial charge in [0.15, 0.2) is 0 Å². The summed E-state index contributed by atoms with van der Waals surface area (Å²) in [5.74, 6) is 2.16. The quantitative estimate of drug-likeness (QED) is 0.805. The van der Waals surface area contributed by atoms with E-state index in [4.69, 9.17) is 5.73 Å². The Morgan fingerprint density at radius 1 is 1.31 bits per heavy atom. The van der Waals surface area contributed by atoms with Crippen molar-refractivity contribution in [1.29, 1.82) is 0 Å². The summed E-state index contributed by atoms with van der Waals surface area (Å²) in [5, 5.41) is 0. The van der Waals surface area contributed by atoms with Crippen LogP contribution in [0, 0.1) is 5.82 Å². The van der Waals surface area contributed by atoms with Gasteiger partial charge in [-0.25, -0.2) is 4.39 Å². The van der Waals surface area contributed by atoms with Gasteiger partial charge in [0.05, 0.1) is 0 Å². The number of hydrogen-bond acceptors (Lipinski definition) is 3. The van der Waals surface area contributed by atoms with Crippen molar-refractivity contribution in [2.75, 3.05) is 30.3 Å². The second-order valence-corrected chi connectivity index (χ2v) is 5.27. The lowest BCUT2D eigenvalue weighted by Gasteiger charge is -2.20. The molecule has 0 bridgehead atoms. The topological polar surface area (TPSA) is 29.3 Å². The van der Waals surface area contributed by atoms with Gasteiger partial charge in [-0.05, 0) is 30.9 Å². The average molecular weight is 240 g/mol. The van der Waals surface area contributed by atoms with E-state index in [0.717, 1.165) is 18.8 Å². The number of thioether (sulfide) groups is 1. The van der Waals surface area contributed by atoms with Crippen molar-refractivity contribution >= 4 is 17.4 Å². The number of anilines is 1. The minimum Gasteiger partial charge on any atom is -0.398 e. The van der Waals surface area contributed by atoms with Crippen LogP contribution in [0.1, 0.15) is 12.0 Å². The predicted octanol–water partition coefficient (Wildman–Crippen LogP) is 2.35. The maximum atomic E-state index is 13.6. The first-order valence-electron chi connectivity index (χ1n) is 5.60. The molecule has 1 aliphatic heterocycles. The van der Waals surface area contributed by atoms with Crippen LogP contribution in [-0.2, 0) is 6.54 Å². The summed E-state index contributed by atoms with van der Waals surface area (Å²) >= 11 is 1.97. The van der Waals surface area contributed by atoms with E-state index in [1.807, 2.05) is 11.8 Å². The fourth-order valence-corrected chi connectivity index (χ4v) is 2.85.